The Labute approximate surface area is 99.5 Å². The molecule has 1 atom stereocenters. The number of benzene rings is 1. The van der Waals surface area contributed by atoms with Gasteiger partial charge in [0.15, 0.2) is 5.78 Å². The van der Waals surface area contributed by atoms with Gasteiger partial charge in [0.1, 0.15) is 0 Å². The van der Waals surface area contributed by atoms with Gasteiger partial charge in [-0.2, -0.15) is 0 Å². The molecule has 0 fully saturated rings. The molecular weight excluding hydrogens is 212 g/mol. The number of aromatic nitrogens is 1. The average Bonchev–Trinajstić information content (AvgIpc) is 2.40. The van der Waals surface area contributed by atoms with E-state index in [1.807, 2.05) is 36.4 Å². The monoisotopic (exact) mass is 224 g/mol. The van der Waals surface area contributed by atoms with Gasteiger partial charge in [-0.3, -0.25) is 9.78 Å². The van der Waals surface area contributed by atoms with Crippen molar-refractivity contribution >= 4 is 11.5 Å². The molecule has 1 N–H and O–H groups in total. The Morgan fingerprint density at radius 3 is 2.71 bits per heavy atom. The van der Waals surface area contributed by atoms with Gasteiger partial charge >= 0.3 is 0 Å². The molecule has 3 nitrogen and oxygen atoms in total. The molecule has 3 rings (SSSR count). The molecule has 84 valence electrons. The molecule has 0 saturated carbocycles. The van der Waals surface area contributed by atoms with Gasteiger partial charge in [0.25, 0.3) is 0 Å². The molecule has 2 aromatic rings. The molecule has 0 aliphatic carbocycles. The summed E-state index contributed by atoms with van der Waals surface area (Å²) in [5.41, 5.74) is 2.81. The fraction of sp³-hybridized carbons (Fsp3) is 0.143. The molecule has 17 heavy (non-hydrogen) atoms. The summed E-state index contributed by atoms with van der Waals surface area (Å²) < 4.78 is 0. The molecule has 2 heterocycles. The first-order chi connectivity index (χ1) is 8.34. The number of para-hydroxylation sites is 1. The Kier molecular flexibility index (Phi) is 2.37. The van der Waals surface area contributed by atoms with Crippen LogP contribution in [0, 0.1) is 0 Å². The number of nitrogens with zero attached hydrogens (tertiary/aromatic N) is 1. The number of rotatable bonds is 1. The van der Waals surface area contributed by atoms with Gasteiger partial charge in [-0.1, -0.05) is 12.1 Å². The maximum absolute atomic E-state index is 12.0. The summed E-state index contributed by atoms with van der Waals surface area (Å²) in [6.07, 6.45) is 4.00. The Morgan fingerprint density at radius 2 is 1.88 bits per heavy atom. The predicted molar refractivity (Wildman–Crippen MR) is 66.0 cm³/mol. The van der Waals surface area contributed by atoms with E-state index in [4.69, 9.17) is 0 Å². The number of ketones is 1. The van der Waals surface area contributed by atoms with E-state index < -0.39 is 0 Å². The van der Waals surface area contributed by atoms with Gasteiger partial charge < -0.3 is 5.32 Å². The molecule has 3 heteroatoms. The molecule has 0 amide bonds. The molecule has 0 spiro atoms. The third-order valence-electron chi connectivity index (χ3n) is 3.06. The minimum atomic E-state index is 0.0559. The molecule has 1 aliphatic rings. The van der Waals surface area contributed by atoms with Gasteiger partial charge in [-0.05, 0) is 29.8 Å². The maximum atomic E-state index is 12.0. The molecule has 1 aromatic heterocycles. The highest BCUT2D eigenvalue weighted by atomic mass is 16.1. The second-order valence-electron chi connectivity index (χ2n) is 4.15. The van der Waals surface area contributed by atoms with Gasteiger partial charge in [-0.15, -0.1) is 0 Å². The van der Waals surface area contributed by atoms with Crippen molar-refractivity contribution in [3.8, 4) is 0 Å². The van der Waals surface area contributed by atoms with Crippen molar-refractivity contribution in [2.75, 3.05) is 5.32 Å². The van der Waals surface area contributed by atoms with Crippen molar-refractivity contribution in [3.05, 3.63) is 59.9 Å². The van der Waals surface area contributed by atoms with E-state index in [1.54, 1.807) is 12.4 Å². The lowest BCUT2D eigenvalue weighted by molar-refractivity contribution is 0.0972. The van der Waals surface area contributed by atoms with E-state index in [2.05, 4.69) is 10.3 Å². The van der Waals surface area contributed by atoms with Crippen LogP contribution in [-0.2, 0) is 0 Å². The Balaban J connectivity index is 1.97. The second-order valence-corrected chi connectivity index (χ2v) is 4.15. The standard InChI is InChI=1S/C14H12N2O/c17-14-9-13(10-5-7-15-8-6-10)16-12-4-2-1-3-11(12)14/h1-8,13,16H,9H2/t13-/m1/s1. The minimum Gasteiger partial charge on any atom is -0.377 e. The highest BCUT2D eigenvalue weighted by molar-refractivity contribution is 6.03. The van der Waals surface area contributed by atoms with Crippen LogP contribution in [0.15, 0.2) is 48.8 Å². The fourth-order valence-electron chi connectivity index (χ4n) is 2.18. The lowest BCUT2D eigenvalue weighted by Crippen LogP contribution is -2.22. The smallest absolute Gasteiger partial charge is 0.167 e. The van der Waals surface area contributed by atoms with Crippen LogP contribution in [0.3, 0.4) is 0 Å². The summed E-state index contributed by atoms with van der Waals surface area (Å²) in [7, 11) is 0. The summed E-state index contributed by atoms with van der Waals surface area (Å²) in [4.78, 5) is 16.0. The third-order valence-corrected chi connectivity index (χ3v) is 3.06. The molecule has 1 aliphatic heterocycles. The maximum Gasteiger partial charge on any atom is 0.167 e. The van der Waals surface area contributed by atoms with Crippen LogP contribution in [0.5, 0.6) is 0 Å². The summed E-state index contributed by atoms with van der Waals surface area (Å²) >= 11 is 0. The van der Waals surface area contributed by atoms with Crippen molar-refractivity contribution in [1.82, 2.24) is 4.98 Å². The van der Waals surface area contributed by atoms with Gasteiger partial charge in [0.2, 0.25) is 0 Å². The van der Waals surface area contributed by atoms with Gasteiger partial charge in [-0.25, -0.2) is 0 Å². The largest absolute Gasteiger partial charge is 0.377 e. The number of hydrogen-bond acceptors (Lipinski definition) is 3. The third kappa shape index (κ3) is 1.80. The number of nitrogens with one attached hydrogen (secondary N) is 1. The van der Waals surface area contributed by atoms with Crippen molar-refractivity contribution in [2.24, 2.45) is 0 Å². The Hall–Kier alpha value is -2.16. The minimum absolute atomic E-state index is 0.0559. The summed E-state index contributed by atoms with van der Waals surface area (Å²) in [5, 5.41) is 3.40. The van der Waals surface area contributed by atoms with E-state index >= 15 is 0 Å². The lowest BCUT2D eigenvalue weighted by Gasteiger charge is -2.26. The summed E-state index contributed by atoms with van der Waals surface area (Å²) in [6.45, 7) is 0. The zero-order valence-corrected chi connectivity index (χ0v) is 9.26. The van der Waals surface area contributed by atoms with E-state index in [0.29, 0.717) is 6.42 Å². The number of anilines is 1. The second kappa shape index (κ2) is 4.01. The Morgan fingerprint density at radius 1 is 1.12 bits per heavy atom. The number of fused-ring (bicyclic) bond motifs is 1. The number of carbonyl (C=O) groups excluding carboxylic acids is 1. The van der Waals surface area contributed by atoms with Crippen LogP contribution in [0.25, 0.3) is 0 Å². The highest BCUT2D eigenvalue weighted by Gasteiger charge is 2.24. The van der Waals surface area contributed by atoms with Crippen LogP contribution >= 0.6 is 0 Å². The highest BCUT2D eigenvalue weighted by Crippen LogP contribution is 2.31. The molecule has 0 bridgehead atoms. The number of hydrogen-bond donors (Lipinski definition) is 1. The number of carbonyl (C=O) groups is 1. The first kappa shape index (κ1) is 10.0. The van der Waals surface area contributed by atoms with Crippen LogP contribution in [-0.4, -0.2) is 10.8 Å². The number of pyridine rings is 1. The van der Waals surface area contributed by atoms with E-state index in [1.165, 1.54) is 0 Å². The molecule has 0 unspecified atom stereocenters. The quantitative estimate of drug-likeness (QED) is 0.809. The van der Waals surface area contributed by atoms with Gasteiger partial charge in [0.05, 0.1) is 6.04 Å². The van der Waals surface area contributed by atoms with Crippen LogP contribution < -0.4 is 5.32 Å². The molecule has 0 saturated heterocycles. The number of Topliss-reactive ketones (excluding diaryl/α,β-unsaturated/α-hetero) is 1. The summed E-state index contributed by atoms with van der Waals surface area (Å²) in [6, 6.07) is 11.6. The Bertz CT molecular complexity index is 551. The van der Waals surface area contributed by atoms with Crippen LogP contribution in [0.1, 0.15) is 28.4 Å². The molecular formula is C14H12N2O. The average molecular weight is 224 g/mol. The first-order valence-corrected chi connectivity index (χ1v) is 5.63. The lowest BCUT2D eigenvalue weighted by atomic mass is 9.93. The van der Waals surface area contributed by atoms with E-state index in [0.717, 1.165) is 16.8 Å². The van der Waals surface area contributed by atoms with Crippen LogP contribution in [0.4, 0.5) is 5.69 Å². The normalized spacial score (nSPS) is 18.4. The van der Waals surface area contributed by atoms with Crippen LogP contribution in [0.2, 0.25) is 0 Å². The first-order valence-electron chi connectivity index (χ1n) is 5.63. The van der Waals surface area contributed by atoms with Crippen molar-refractivity contribution < 1.29 is 4.79 Å². The van der Waals surface area contributed by atoms with Crippen molar-refractivity contribution in [1.29, 1.82) is 0 Å². The topological polar surface area (TPSA) is 42.0 Å². The van der Waals surface area contributed by atoms with Crippen molar-refractivity contribution in [3.63, 3.8) is 0 Å². The van der Waals surface area contributed by atoms with E-state index in [-0.39, 0.29) is 11.8 Å². The zero-order valence-electron chi connectivity index (χ0n) is 9.26. The summed E-state index contributed by atoms with van der Waals surface area (Å²) in [5.74, 6) is 0.196. The molecule has 0 radical (unpaired) electrons. The fourth-order valence-corrected chi connectivity index (χ4v) is 2.18. The zero-order chi connectivity index (χ0) is 11.7. The predicted octanol–water partition coefficient (Wildman–Crippen LogP) is 2.82. The van der Waals surface area contributed by atoms with Gasteiger partial charge in [0, 0.05) is 30.1 Å². The van der Waals surface area contributed by atoms with Crippen molar-refractivity contribution in [2.45, 2.75) is 12.5 Å². The molecule has 1 aromatic carbocycles. The van der Waals surface area contributed by atoms with E-state index in [9.17, 15) is 4.79 Å². The SMILES string of the molecule is O=C1C[C@H](c2ccncc2)Nc2ccccc21.